The van der Waals surface area contributed by atoms with Crippen molar-refractivity contribution < 1.29 is 4.79 Å². The number of aryl methyl sites for hydroxylation is 1. The van der Waals surface area contributed by atoms with Crippen LogP contribution < -0.4 is 21.7 Å². The van der Waals surface area contributed by atoms with Crippen LogP contribution in [0.3, 0.4) is 0 Å². The van der Waals surface area contributed by atoms with Crippen molar-refractivity contribution in [3.05, 3.63) is 47.4 Å². The fourth-order valence-electron chi connectivity index (χ4n) is 2.92. The maximum Gasteiger partial charge on any atom is 0.320 e. The van der Waals surface area contributed by atoms with Gasteiger partial charge in [-0.2, -0.15) is 0 Å². The SMILES string of the molecule is Cc1cc(C(=N)c2cnc(NC(=O)NC3CCCNC3)cc2N)ccn1. The van der Waals surface area contributed by atoms with Crippen LogP contribution in [0.5, 0.6) is 0 Å². The number of nitrogen functional groups attached to an aromatic ring is 1. The number of rotatable bonds is 4. The van der Waals surface area contributed by atoms with E-state index >= 15 is 0 Å². The van der Waals surface area contributed by atoms with Gasteiger partial charge in [0.15, 0.2) is 0 Å². The first kappa shape index (κ1) is 17.8. The maximum absolute atomic E-state index is 12.1. The van der Waals surface area contributed by atoms with E-state index in [-0.39, 0.29) is 17.8 Å². The molecule has 0 bridgehead atoms. The third-order valence-corrected chi connectivity index (χ3v) is 4.26. The van der Waals surface area contributed by atoms with E-state index < -0.39 is 0 Å². The molecule has 2 aromatic heterocycles. The summed E-state index contributed by atoms with van der Waals surface area (Å²) in [7, 11) is 0. The van der Waals surface area contributed by atoms with Crippen molar-refractivity contribution >= 4 is 23.2 Å². The second-order valence-corrected chi connectivity index (χ2v) is 6.36. The molecule has 0 spiro atoms. The van der Waals surface area contributed by atoms with Gasteiger partial charge in [-0.1, -0.05) is 0 Å². The van der Waals surface area contributed by atoms with Crippen LogP contribution in [0.4, 0.5) is 16.3 Å². The van der Waals surface area contributed by atoms with Crippen LogP contribution in [0.25, 0.3) is 0 Å². The summed E-state index contributed by atoms with van der Waals surface area (Å²) in [6.45, 7) is 3.62. The molecule has 3 heterocycles. The summed E-state index contributed by atoms with van der Waals surface area (Å²) >= 11 is 0. The van der Waals surface area contributed by atoms with Gasteiger partial charge in [0.2, 0.25) is 0 Å². The molecule has 1 fully saturated rings. The van der Waals surface area contributed by atoms with E-state index in [2.05, 4.69) is 25.9 Å². The minimum atomic E-state index is -0.307. The standard InChI is InChI=1S/C18H23N7O/c1-11-7-12(4-6-22-11)17(20)14-10-23-16(8-15(14)19)25-18(26)24-13-3-2-5-21-9-13/h4,6-8,10,13,20-21H,2-3,5,9H2,1H3,(H4,19,23,24,25,26). The van der Waals surface area contributed by atoms with Crippen LogP contribution in [0.2, 0.25) is 0 Å². The van der Waals surface area contributed by atoms with Gasteiger partial charge in [0.25, 0.3) is 0 Å². The van der Waals surface area contributed by atoms with Crippen LogP contribution in [-0.2, 0) is 0 Å². The van der Waals surface area contributed by atoms with Crippen LogP contribution >= 0.6 is 0 Å². The third-order valence-electron chi connectivity index (χ3n) is 4.26. The molecule has 3 rings (SSSR count). The molecular weight excluding hydrogens is 330 g/mol. The predicted molar refractivity (Wildman–Crippen MR) is 102 cm³/mol. The normalized spacial score (nSPS) is 16.7. The van der Waals surface area contributed by atoms with Gasteiger partial charge in [-0.05, 0) is 38.4 Å². The minimum Gasteiger partial charge on any atom is -0.398 e. The van der Waals surface area contributed by atoms with Crippen LogP contribution in [0.1, 0.15) is 29.7 Å². The molecule has 1 unspecified atom stereocenters. The van der Waals surface area contributed by atoms with Crippen LogP contribution in [0, 0.1) is 12.3 Å². The van der Waals surface area contributed by atoms with E-state index in [1.165, 1.54) is 6.20 Å². The van der Waals surface area contributed by atoms with Gasteiger partial charge in [-0.25, -0.2) is 9.78 Å². The number of urea groups is 1. The minimum absolute atomic E-state index is 0.114. The maximum atomic E-state index is 12.1. The van der Waals surface area contributed by atoms with E-state index in [0.717, 1.165) is 31.6 Å². The Bertz CT molecular complexity index is 815. The van der Waals surface area contributed by atoms with E-state index in [1.807, 2.05) is 13.0 Å². The highest BCUT2D eigenvalue weighted by molar-refractivity contribution is 6.13. The number of piperidine rings is 1. The van der Waals surface area contributed by atoms with Gasteiger partial charge in [0.05, 0.1) is 5.71 Å². The Morgan fingerprint density at radius 3 is 2.92 bits per heavy atom. The zero-order valence-corrected chi connectivity index (χ0v) is 14.7. The average molecular weight is 353 g/mol. The number of nitrogens with one attached hydrogen (secondary N) is 4. The Hall–Kier alpha value is -3.00. The zero-order valence-electron chi connectivity index (χ0n) is 14.7. The van der Waals surface area contributed by atoms with Gasteiger partial charge in [0, 0.05) is 53.6 Å². The zero-order chi connectivity index (χ0) is 18.5. The molecule has 1 atom stereocenters. The second kappa shape index (κ2) is 7.92. The van der Waals surface area contributed by atoms with Gasteiger partial charge in [-0.15, -0.1) is 0 Å². The highest BCUT2D eigenvalue weighted by Crippen LogP contribution is 2.19. The molecule has 0 aromatic carbocycles. The monoisotopic (exact) mass is 353 g/mol. The molecule has 0 aliphatic carbocycles. The number of hydrogen-bond donors (Lipinski definition) is 5. The van der Waals surface area contributed by atoms with E-state index in [4.69, 9.17) is 11.1 Å². The summed E-state index contributed by atoms with van der Waals surface area (Å²) in [6, 6.07) is 4.95. The topological polar surface area (TPSA) is 129 Å². The molecule has 0 saturated carbocycles. The third kappa shape index (κ3) is 4.34. The highest BCUT2D eigenvalue weighted by Gasteiger charge is 2.16. The molecule has 8 heteroatoms. The first-order valence-corrected chi connectivity index (χ1v) is 8.58. The number of hydrogen-bond acceptors (Lipinski definition) is 6. The lowest BCUT2D eigenvalue weighted by molar-refractivity contribution is 0.245. The molecule has 8 nitrogen and oxygen atoms in total. The van der Waals surface area contributed by atoms with Crippen molar-refractivity contribution in [3.8, 4) is 0 Å². The smallest absolute Gasteiger partial charge is 0.320 e. The second-order valence-electron chi connectivity index (χ2n) is 6.36. The van der Waals surface area contributed by atoms with Crippen molar-refractivity contribution in [2.75, 3.05) is 24.1 Å². The van der Waals surface area contributed by atoms with E-state index in [1.54, 1.807) is 18.3 Å². The van der Waals surface area contributed by atoms with Gasteiger partial charge in [0.1, 0.15) is 5.82 Å². The number of nitrogens with two attached hydrogens (primary N) is 1. The largest absolute Gasteiger partial charge is 0.398 e. The lowest BCUT2D eigenvalue weighted by Crippen LogP contribution is -2.47. The molecular formula is C18H23N7O. The predicted octanol–water partition coefficient (Wildman–Crippen LogP) is 1.66. The molecule has 1 aliphatic heterocycles. The van der Waals surface area contributed by atoms with Gasteiger partial charge in [-0.3, -0.25) is 15.7 Å². The first-order valence-electron chi connectivity index (χ1n) is 8.58. The Kier molecular flexibility index (Phi) is 5.43. The van der Waals surface area contributed by atoms with Crippen molar-refractivity contribution in [2.24, 2.45) is 0 Å². The molecule has 6 N–H and O–H groups in total. The Labute approximate surface area is 152 Å². The molecule has 1 saturated heterocycles. The number of pyridine rings is 2. The molecule has 2 aromatic rings. The summed E-state index contributed by atoms with van der Waals surface area (Å²) in [6.07, 6.45) is 5.16. The number of carbonyl (C=O) groups is 1. The summed E-state index contributed by atoms with van der Waals surface area (Å²) in [5, 5.41) is 17.2. The molecule has 2 amide bonds. The fourth-order valence-corrected chi connectivity index (χ4v) is 2.92. The number of aromatic nitrogens is 2. The lowest BCUT2D eigenvalue weighted by Gasteiger charge is -2.23. The highest BCUT2D eigenvalue weighted by atomic mass is 16.2. The van der Waals surface area contributed by atoms with Crippen molar-refractivity contribution in [3.63, 3.8) is 0 Å². The number of anilines is 2. The molecule has 1 aliphatic rings. The summed E-state index contributed by atoms with van der Waals surface area (Å²) in [5.41, 5.74) is 8.79. The van der Waals surface area contributed by atoms with E-state index in [9.17, 15) is 4.79 Å². The molecule has 0 radical (unpaired) electrons. The number of amides is 2. The Balaban J connectivity index is 1.67. The van der Waals surface area contributed by atoms with Crippen molar-refractivity contribution in [1.29, 1.82) is 5.41 Å². The first-order chi connectivity index (χ1) is 12.5. The molecule has 26 heavy (non-hydrogen) atoms. The Morgan fingerprint density at radius 2 is 2.23 bits per heavy atom. The summed E-state index contributed by atoms with van der Waals surface area (Å²) in [5.74, 6) is 0.353. The quantitative estimate of drug-likeness (QED) is 0.534. The van der Waals surface area contributed by atoms with Crippen molar-refractivity contribution in [1.82, 2.24) is 20.6 Å². The van der Waals surface area contributed by atoms with Crippen LogP contribution in [0.15, 0.2) is 30.6 Å². The average Bonchev–Trinajstić information content (AvgIpc) is 2.62. The van der Waals surface area contributed by atoms with E-state index in [0.29, 0.717) is 22.6 Å². The summed E-state index contributed by atoms with van der Waals surface area (Å²) in [4.78, 5) is 20.4. The van der Waals surface area contributed by atoms with Gasteiger partial charge >= 0.3 is 6.03 Å². The number of carbonyl (C=O) groups excluding carboxylic acids is 1. The fraction of sp³-hybridized carbons (Fsp3) is 0.333. The Morgan fingerprint density at radius 1 is 1.38 bits per heavy atom. The van der Waals surface area contributed by atoms with Crippen LogP contribution in [-0.4, -0.2) is 40.8 Å². The number of nitrogens with zero attached hydrogens (tertiary/aromatic N) is 2. The summed E-state index contributed by atoms with van der Waals surface area (Å²) < 4.78 is 0. The molecule has 136 valence electrons. The lowest BCUT2D eigenvalue weighted by atomic mass is 10.0. The van der Waals surface area contributed by atoms with Gasteiger partial charge < -0.3 is 16.4 Å². The van der Waals surface area contributed by atoms with Crippen molar-refractivity contribution in [2.45, 2.75) is 25.8 Å².